The van der Waals surface area contributed by atoms with Crippen LogP contribution in [0.1, 0.15) is 22.6 Å². The number of carbonyl (C=O) groups excluding carboxylic acids is 1. The number of halogens is 2. The van der Waals surface area contributed by atoms with E-state index in [1.54, 1.807) is 0 Å². The number of aromatic nitrogens is 2. The Bertz CT molecular complexity index is 723. The van der Waals surface area contributed by atoms with Gasteiger partial charge in [0.25, 0.3) is 12.3 Å². The molecule has 1 saturated heterocycles. The van der Waals surface area contributed by atoms with Crippen molar-refractivity contribution in [2.45, 2.75) is 6.43 Å². The number of fused-ring (bicyclic) bond motifs is 1. The molecule has 110 valence electrons. The van der Waals surface area contributed by atoms with Crippen molar-refractivity contribution in [3.05, 3.63) is 29.6 Å². The number of hydrogen-bond donors (Lipinski definition) is 2. The van der Waals surface area contributed by atoms with Crippen molar-refractivity contribution in [1.82, 2.24) is 14.9 Å². The van der Waals surface area contributed by atoms with Crippen molar-refractivity contribution in [3.63, 3.8) is 0 Å². The third kappa shape index (κ3) is 2.32. The Kier molecular flexibility index (Phi) is 3.08. The molecular weight excluding hydrogens is 284 g/mol. The van der Waals surface area contributed by atoms with E-state index in [2.05, 4.69) is 9.97 Å². The highest BCUT2D eigenvalue weighted by atomic mass is 19.3. The molecule has 1 aromatic heterocycles. The Morgan fingerprint density at radius 2 is 2.10 bits per heavy atom. The van der Waals surface area contributed by atoms with Crippen molar-refractivity contribution in [3.8, 4) is 0 Å². The van der Waals surface area contributed by atoms with Gasteiger partial charge in [-0.3, -0.25) is 9.59 Å². The Morgan fingerprint density at radius 1 is 1.38 bits per heavy atom. The maximum Gasteiger partial charge on any atom is 0.310 e. The topological polar surface area (TPSA) is 86.3 Å². The molecule has 0 saturated carbocycles. The van der Waals surface area contributed by atoms with Crippen LogP contribution in [0.15, 0.2) is 18.2 Å². The smallest absolute Gasteiger partial charge is 0.310 e. The van der Waals surface area contributed by atoms with E-state index in [-0.39, 0.29) is 19.0 Å². The largest absolute Gasteiger partial charge is 0.481 e. The Hall–Kier alpha value is -2.51. The summed E-state index contributed by atoms with van der Waals surface area (Å²) in [4.78, 5) is 30.4. The standard InChI is InChI=1S/C13H11F2N3O3/c14-10(15)11-16-8-2-1-6(3-9(8)17-11)12(19)18-4-7(5-18)13(20)21/h1-3,7,10H,4-5H2,(H,16,17)(H,20,21). The molecule has 0 spiro atoms. The van der Waals surface area contributed by atoms with Gasteiger partial charge in [0, 0.05) is 18.7 Å². The molecule has 0 aliphatic carbocycles. The average molecular weight is 295 g/mol. The monoisotopic (exact) mass is 295 g/mol. The number of nitrogens with zero attached hydrogens (tertiary/aromatic N) is 2. The van der Waals surface area contributed by atoms with Gasteiger partial charge in [-0.2, -0.15) is 0 Å². The van der Waals surface area contributed by atoms with E-state index in [4.69, 9.17) is 5.11 Å². The van der Waals surface area contributed by atoms with Crippen LogP contribution in [0.4, 0.5) is 8.78 Å². The van der Waals surface area contributed by atoms with Crippen LogP contribution in [0, 0.1) is 5.92 Å². The van der Waals surface area contributed by atoms with Gasteiger partial charge in [0.15, 0.2) is 5.82 Å². The number of H-pyrrole nitrogens is 1. The lowest BCUT2D eigenvalue weighted by Gasteiger charge is -2.36. The van der Waals surface area contributed by atoms with E-state index >= 15 is 0 Å². The van der Waals surface area contributed by atoms with Crippen LogP contribution in [0.25, 0.3) is 11.0 Å². The summed E-state index contributed by atoms with van der Waals surface area (Å²) in [6.45, 7) is 0.328. The van der Waals surface area contributed by atoms with Gasteiger partial charge >= 0.3 is 5.97 Å². The second kappa shape index (κ2) is 4.80. The van der Waals surface area contributed by atoms with Gasteiger partial charge < -0.3 is 15.0 Å². The number of hydrogen-bond acceptors (Lipinski definition) is 3. The minimum Gasteiger partial charge on any atom is -0.481 e. The second-order valence-electron chi connectivity index (χ2n) is 4.90. The van der Waals surface area contributed by atoms with Gasteiger partial charge in [-0.05, 0) is 18.2 Å². The van der Waals surface area contributed by atoms with Gasteiger partial charge in [-0.15, -0.1) is 0 Å². The summed E-state index contributed by atoms with van der Waals surface area (Å²) in [6, 6.07) is 4.43. The van der Waals surface area contributed by atoms with Crippen LogP contribution < -0.4 is 0 Å². The van der Waals surface area contributed by atoms with E-state index in [1.807, 2.05) is 0 Å². The SMILES string of the molecule is O=C(O)C1CN(C(=O)c2ccc3nc(C(F)F)[nH]c3c2)C1. The molecule has 1 amide bonds. The summed E-state index contributed by atoms with van der Waals surface area (Å²) < 4.78 is 25.1. The van der Waals surface area contributed by atoms with Crippen LogP contribution in [-0.2, 0) is 4.79 Å². The van der Waals surface area contributed by atoms with E-state index in [9.17, 15) is 18.4 Å². The fourth-order valence-corrected chi connectivity index (χ4v) is 2.25. The molecule has 2 aromatic rings. The number of carboxylic acids is 1. The van der Waals surface area contributed by atoms with Gasteiger partial charge in [-0.25, -0.2) is 13.8 Å². The first kappa shape index (κ1) is 13.5. The van der Waals surface area contributed by atoms with Crippen LogP contribution in [0.2, 0.25) is 0 Å². The molecule has 0 bridgehead atoms. The number of amides is 1. The normalized spacial score (nSPS) is 15.5. The van der Waals surface area contributed by atoms with Crippen molar-refractivity contribution in [2.24, 2.45) is 5.92 Å². The molecular formula is C13H11F2N3O3. The minimum atomic E-state index is -2.71. The predicted octanol–water partition coefficient (Wildman–Crippen LogP) is 1.66. The molecule has 0 unspecified atom stereocenters. The summed E-state index contributed by atoms with van der Waals surface area (Å²) in [5.74, 6) is -2.22. The number of alkyl halides is 2. The van der Waals surface area contributed by atoms with Crippen molar-refractivity contribution < 1.29 is 23.5 Å². The second-order valence-corrected chi connectivity index (χ2v) is 4.90. The van der Waals surface area contributed by atoms with Crippen LogP contribution in [0.5, 0.6) is 0 Å². The number of aromatic amines is 1. The molecule has 2 heterocycles. The molecule has 2 N–H and O–H groups in total. The molecule has 0 atom stereocenters. The van der Waals surface area contributed by atoms with Crippen molar-refractivity contribution >= 4 is 22.9 Å². The van der Waals surface area contributed by atoms with Gasteiger partial charge in [0.1, 0.15) is 0 Å². The van der Waals surface area contributed by atoms with Crippen LogP contribution >= 0.6 is 0 Å². The van der Waals surface area contributed by atoms with E-state index in [0.29, 0.717) is 16.6 Å². The maximum absolute atomic E-state index is 12.6. The highest BCUT2D eigenvalue weighted by molar-refractivity contribution is 5.98. The van der Waals surface area contributed by atoms with Crippen LogP contribution in [0.3, 0.4) is 0 Å². The fourth-order valence-electron chi connectivity index (χ4n) is 2.25. The predicted molar refractivity (Wildman–Crippen MR) is 68.1 cm³/mol. The third-order valence-corrected chi connectivity index (χ3v) is 3.47. The summed E-state index contributed by atoms with van der Waals surface area (Å²) in [5.41, 5.74) is 1.02. The highest BCUT2D eigenvalue weighted by Crippen LogP contribution is 2.23. The number of rotatable bonds is 3. The number of carboxylic acid groups (broad SMARTS) is 1. The summed E-state index contributed by atoms with van der Waals surface area (Å²) in [6.07, 6.45) is -2.71. The van der Waals surface area contributed by atoms with E-state index < -0.39 is 24.1 Å². The first-order chi connectivity index (χ1) is 9.95. The van der Waals surface area contributed by atoms with Gasteiger partial charge in [0.05, 0.1) is 17.0 Å². The summed E-state index contributed by atoms with van der Waals surface area (Å²) in [5, 5.41) is 8.78. The Balaban J connectivity index is 1.81. The van der Waals surface area contributed by atoms with E-state index in [1.165, 1.54) is 23.1 Å². The van der Waals surface area contributed by atoms with Crippen LogP contribution in [-0.4, -0.2) is 44.9 Å². The lowest BCUT2D eigenvalue weighted by molar-refractivity contribution is -0.146. The zero-order valence-electron chi connectivity index (χ0n) is 10.7. The van der Waals surface area contributed by atoms with Crippen molar-refractivity contribution in [2.75, 3.05) is 13.1 Å². The zero-order valence-corrected chi connectivity index (χ0v) is 10.7. The van der Waals surface area contributed by atoms with Gasteiger partial charge in [0.2, 0.25) is 0 Å². The molecule has 0 radical (unpaired) electrons. The average Bonchev–Trinajstić information content (AvgIpc) is 2.79. The number of carbonyl (C=O) groups is 2. The lowest BCUT2D eigenvalue weighted by Crippen LogP contribution is -2.53. The summed E-state index contributed by atoms with van der Waals surface area (Å²) in [7, 11) is 0. The zero-order chi connectivity index (χ0) is 15.1. The molecule has 3 rings (SSSR count). The summed E-state index contributed by atoms with van der Waals surface area (Å²) >= 11 is 0. The number of aliphatic carboxylic acids is 1. The fraction of sp³-hybridized carbons (Fsp3) is 0.308. The van der Waals surface area contributed by atoms with E-state index in [0.717, 1.165) is 0 Å². The number of benzene rings is 1. The molecule has 1 fully saturated rings. The molecule has 1 aliphatic heterocycles. The first-order valence-electron chi connectivity index (χ1n) is 6.25. The Morgan fingerprint density at radius 3 is 2.71 bits per heavy atom. The molecule has 1 aliphatic rings. The molecule has 1 aromatic carbocycles. The maximum atomic E-state index is 12.6. The molecule has 6 nitrogen and oxygen atoms in total. The van der Waals surface area contributed by atoms with Crippen molar-refractivity contribution in [1.29, 1.82) is 0 Å². The van der Waals surface area contributed by atoms with Gasteiger partial charge in [-0.1, -0.05) is 0 Å². The first-order valence-corrected chi connectivity index (χ1v) is 6.25. The molecule has 21 heavy (non-hydrogen) atoms. The number of imidazole rings is 1. The minimum absolute atomic E-state index is 0.164. The Labute approximate surface area is 117 Å². The number of nitrogens with one attached hydrogen (secondary N) is 1. The number of likely N-dealkylation sites (tertiary alicyclic amines) is 1. The third-order valence-electron chi connectivity index (χ3n) is 3.47. The highest BCUT2D eigenvalue weighted by Gasteiger charge is 2.36. The lowest BCUT2D eigenvalue weighted by atomic mass is 9.99. The molecule has 8 heteroatoms. The quantitative estimate of drug-likeness (QED) is 0.901.